The summed E-state index contributed by atoms with van der Waals surface area (Å²) in [5.41, 5.74) is 10.7. The first-order valence-electron chi connectivity index (χ1n) is 7.31. The van der Waals surface area contributed by atoms with Crippen LogP contribution in [0.15, 0.2) is 42.5 Å². The maximum Gasteiger partial charge on any atom is 0.0511 e. The van der Waals surface area contributed by atoms with Crippen molar-refractivity contribution in [2.75, 3.05) is 18.5 Å². The Bertz CT molecular complexity index is 593. The number of aryl methyl sites for hydroxylation is 1. The molecule has 0 aliphatic heterocycles. The van der Waals surface area contributed by atoms with E-state index < -0.39 is 0 Å². The summed E-state index contributed by atoms with van der Waals surface area (Å²) in [6.07, 6.45) is 0.928. The predicted molar refractivity (Wildman–Crippen MR) is 92.2 cm³/mol. The maximum atomic E-state index is 5.96. The van der Waals surface area contributed by atoms with Crippen LogP contribution in [-0.2, 0) is 6.42 Å². The molecular weight excluding hydrogens is 280 g/mol. The van der Waals surface area contributed by atoms with Crippen molar-refractivity contribution in [1.29, 1.82) is 0 Å². The molecule has 0 heterocycles. The third-order valence-corrected chi connectivity index (χ3v) is 4.26. The number of nitrogens with two attached hydrogens (primary N) is 1. The lowest BCUT2D eigenvalue weighted by molar-refractivity contribution is 0.737. The van der Waals surface area contributed by atoms with Gasteiger partial charge >= 0.3 is 0 Å². The van der Waals surface area contributed by atoms with Gasteiger partial charge in [-0.05, 0) is 61.7 Å². The minimum atomic E-state index is 0.293. The molecule has 2 aromatic rings. The Kier molecular flexibility index (Phi) is 5.27. The van der Waals surface area contributed by atoms with E-state index in [0.717, 1.165) is 11.4 Å². The van der Waals surface area contributed by atoms with Crippen LogP contribution in [0.3, 0.4) is 0 Å². The third-order valence-electron chi connectivity index (χ3n) is 4.01. The highest BCUT2D eigenvalue weighted by molar-refractivity contribution is 6.30. The Hall–Kier alpha value is -1.51. The number of nitrogens with zero attached hydrogens (tertiary/aromatic N) is 1. The largest absolute Gasteiger partial charge is 0.368 e. The van der Waals surface area contributed by atoms with E-state index in [1.807, 2.05) is 12.1 Å². The summed E-state index contributed by atoms with van der Waals surface area (Å²) in [5, 5.41) is 0.774. The standard InChI is InChI=1S/C18H23ClN2/c1-13-12-15(10-11-20)4-9-18(13)21(3)14(2)16-5-7-17(19)8-6-16/h4-9,12,14H,10-11,20H2,1-3H3. The average Bonchev–Trinajstić information content (AvgIpc) is 2.47. The summed E-state index contributed by atoms with van der Waals surface area (Å²) in [6.45, 7) is 5.05. The Morgan fingerprint density at radius 1 is 1.14 bits per heavy atom. The molecule has 0 radical (unpaired) electrons. The van der Waals surface area contributed by atoms with E-state index in [2.05, 4.69) is 56.1 Å². The third kappa shape index (κ3) is 3.78. The first kappa shape index (κ1) is 15.9. The SMILES string of the molecule is Cc1cc(CCN)ccc1N(C)C(C)c1ccc(Cl)cc1. The van der Waals surface area contributed by atoms with Crippen LogP contribution < -0.4 is 10.6 Å². The van der Waals surface area contributed by atoms with Gasteiger partial charge in [-0.1, -0.05) is 35.9 Å². The molecule has 0 aromatic heterocycles. The van der Waals surface area contributed by atoms with Crippen LogP contribution in [0.25, 0.3) is 0 Å². The van der Waals surface area contributed by atoms with Crippen LogP contribution in [-0.4, -0.2) is 13.6 Å². The van der Waals surface area contributed by atoms with Crippen LogP contribution in [0.4, 0.5) is 5.69 Å². The van der Waals surface area contributed by atoms with Gasteiger partial charge in [-0.3, -0.25) is 0 Å². The summed E-state index contributed by atoms with van der Waals surface area (Å²) < 4.78 is 0. The Balaban J connectivity index is 2.22. The smallest absolute Gasteiger partial charge is 0.0511 e. The molecule has 0 bridgehead atoms. The van der Waals surface area contributed by atoms with Gasteiger partial charge in [0.25, 0.3) is 0 Å². The summed E-state index contributed by atoms with van der Waals surface area (Å²) >= 11 is 5.96. The highest BCUT2D eigenvalue weighted by Crippen LogP contribution is 2.29. The van der Waals surface area contributed by atoms with Crippen LogP contribution in [0.2, 0.25) is 5.02 Å². The van der Waals surface area contributed by atoms with Gasteiger partial charge in [-0.2, -0.15) is 0 Å². The van der Waals surface area contributed by atoms with E-state index in [1.54, 1.807) is 0 Å². The number of halogens is 1. The normalized spacial score (nSPS) is 12.2. The summed E-state index contributed by atoms with van der Waals surface area (Å²) in [4.78, 5) is 2.30. The van der Waals surface area contributed by atoms with E-state index in [1.165, 1.54) is 22.4 Å². The zero-order valence-corrected chi connectivity index (χ0v) is 13.7. The van der Waals surface area contributed by atoms with E-state index >= 15 is 0 Å². The zero-order valence-electron chi connectivity index (χ0n) is 12.9. The van der Waals surface area contributed by atoms with Crippen molar-refractivity contribution in [3.63, 3.8) is 0 Å². The molecule has 0 saturated heterocycles. The molecule has 112 valence electrons. The van der Waals surface area contributed by atoms with Gasteiger partial charge in [0.2, 0.25) is 0 Å². The molecule has 2 nitrogen and oxygen atoms in total. The van der Waals surface area contributed by atoms with E-state index in [0.29, 0.717) is 12.6 Å². The summed E-state index contributed by atoms with van der Waals surface area (Å²) in [7, 11) is 2.13. The highest BCUT2D eigenvalue weighted by Gasteiger charge is 2.14. The molecule has 0 fully saturated rings. The van der Waals surface area contributed by atoms with Crippen molar-refractivity contribution in [3.8, 4) is 0 Å². The van der Waals surface area contributed by atoms with Gasteiger partial charge in [0.1, 0.15) is 0 Å². The minimum absolute atomic E-state index is 0.293. The quantitative estimate of drug-likeness (QED) is 0.890. The van der Waals surface area contributed by atoms with E-state index in [4.69, 9.17) is 17.3 Å². The molecule has 1 unspecified atom stereocenters. The molecule has 1 atom stereocenters. The Labute approximate surface area is 132 Å². The van der Waals surface area contributed by atoms with Crippen molar-refractivity contribution in [2.24, 2.45) is 5.73 Å². The maximum absolute atomic E-state index is 5.96. The fourth-order valence-electron chi connectivity index (χ4n) is 2.61. The first-order chi connectivity index (χ1) is 10.0. The van der Waals surface area contributed by atoms with Crippen molar-refractivity contribution in [3.05, 3.63) is 64.2 Å². The lowest BCUT2D eigenvalue weighted by Crippen LogP contribution is -2.22. The van der Waals surface area contributed by atoms with Crippen molar-refractivity contribution in [1.82, 2.24) is 0 Å². The fourth-order valence-corrected chi connectivity index (χ4v) is 2.73. The molecule has 2 rings (SSSR count). The van der Waals surface area contributed by atoms with Gasteiger partial charge in [-0.25, -0.2) is 0 Å². The number of benzene rings is 2. The Morgan fingerprint density at radius 3 is 2.38 bits per heavy atom. The molecule has 2 aromatic carbocycles. The second-order valence-electron chi connectivity index (χ2n) is 5.50. The van der Waals surface area contributed by atoms with Crippen LogP contribution in [0.5, 0.6) is 0 Å². The molecule has 0 amide bonds. The van der Waals surface area contributed by atoms with Crippen molar-refractivity contribution >= 4 is 17.3 Å². The van der Waals surface area contributed by atoms with Crippen molar-refractivity contribution < 1.29 is 0 Å². The van der Waals surface area contributed by atoms with E-state index in [-0.39, 0.29) is 0 Å². The highest BCUT2D eigenvalue weighted by atomic mass is 35.5. The van der Waals surface area contributed by atoms with Gasteiger partial charge < -0.3 is 10.6 Å². The van der Waals surface area contributed by atoms with E-state index in [9.17, 15) is 0 Å². The van der Waals surface area contributed by atoms with Crippen LogP contribution >= 0.6 is 11.6 Å². The molecule has 0 aliphatic carbocycles. The number of anilines is 1. The zero-order chi connectivity index (χ0) is 15.4. The summed E-state index contributed by atoms with van der Waals surface area (Å²) in [6, 6.07) is 14.9. The number of hydrogen-bond donors (Lipinski definition) is 1. The first-order valence-corrected chi connectivity index (χ1v) is 7.68. The average molecular weight is 303 g/mol. The van der Waals surface area contributed by atoms with Crippen LogP contribution in [0, 0.1) is 6.92 Å². The second-order valence-corrected chi connectivity index (χ2v) is 5.93. The van der Waals surface area contributed by atoms with Gasteiger partial charge in [0.15, 0.2) is 0 Å². The van der Waals surface area contributed by atoms with Crippen molar-refractivity contribution in [2.45, 2.75) is 26.3 Å². The number of hydrogen-bond acceptors (Lipinski definition) is 2. The number of rotatable bonds is 5. The van der Waals surface area contributed by atoms with Gasteiger partial charge in [0, 0.05) is 17.8 Å². The lowest BCUT2D eigenvalue weighted by Gasteiger charge is -2.29. The van der Waals surface area contributed by atoms with Gasteiger partial charge in [-0.15, -0.1) is 0 Å². The Morgan fingerprint density at radius 2 is 1.81 bits per heavy atom. The fraction of sp³-hybridized carbons (Fsp3) is 0.333. The minimum Gasteiger partial charge on any atom is -0.368 e. The molecule has 0 saturated carbocycles. The molecule has 2 N–H and O–H groups in total. The summed E-state index contributed by atoms with van der Waals surface area (Å²) in [5.74, 6) is 0. The molecule has 0 aliphatic rings. The lowest BCUT2D eigenvalue weighted by atomic mass is 10.0. The molecule has 3 heteroatoms. The topological polar surface area (TPSA) is 29.3 Å². The molecule has 21 heavy (non-hydrogen) atoms. The monoisotopic (exact) mass is 302 g/mol. The van der Waals surface area contributed by atoms with Crippen LogP contribution in [0.1, 0.15) is 29.7 Å². The second kappa shape index (κ2) is 6.97. The van der Waals surface area contributed by atoms with Gasteiger partial charge in [0.05, 0.1) is 6.04 Å². The molecular formula is C18H23ClN2. The molecule has 0 spiro atoms. The predicted octanol–water partition coefficient (Wildman–Crippen LogP) is 4.35.